The molecule has 0 spiro atoms. The van der Waals surface area contributed by atoms with Crippen LogP contribution in [0.5, 0.6) is 0 Å². The first-order chi connectivity index (χ1) is 11.2. The quantitative estimate of drug-likeness (QED) is 0.482. The summed E-state index contributed by atoms with van der Waals surface area (Å²) in [5.74, 6) is 0. The van der Waals surface area contributed by atoms with E-state index in [4.69, 9.17) is 13.3 Å². The lowest BCUT2D eigenvalue weighted by Crippen LogP contribution is -2.42. The molecule has 1 aromatic carbocycles. The molecule has 0 unspecified atom stereocenters. The highest BCUT2D eigenvalue weighted by Gasteiger charge is 2.36. The minimum absolute atomic E-state index is 0.887. The highest BCUT2D eigenvalue weighted by molar-refractivity contribution is 6.60. The third-order valence-corrected chi connectivity index (χ3v) is 7.13. The number of nitrogens with zero attached hydrogens (tertiary/aromatic N) is 1. The van der Waals surface area contributed by atoms with Crippen LogP contribution in [0, 0.1) is 0 Å². The maximum atomic E-state index is 5.44. The number of hydrogen-bond acceptors (Lipinski definition) is 4. The number of rotatable bonds is 10. The summed E-state index contributed by atoms with van der Waals surface area (Å²) < 4.78 is 16.3. The Morgan fingerprint density at radius 1 is 0.913 bits per heavy atom. The van der Waals surface area contributed by atoms with E-state index in [-0.39, 0.29) is 0 Å². The molecule has 0 atom stereocenters. The average molecular weight is 334 g/mol. The van der Waals surface area contributed by atoms with Gasteiger partial charge < -0.3 is 13.3 Å². The summed E-state index contributed by atoms with van der Waals surface area (Å²) in [7, 11) is 2.64. The van der Waals surface area contributed by atoms with E-state index in [1.54, 1.807) is 21.3 Å². The number of aryl methyl sites for hydroxylation is 1. The van der Waals surface area contributed by atoms with Gasteiger partial charge in [0, 0.05) is 39.0 Å². The molecule has 4 nitrogen and oxygen atoms in total. The van der Waals surface area contributed by atoms with E-state index in [0.717, 1.165) is 24.4 Å². The molecule has 0 aliphatic rings. The second-order valence-electron chi connectivity index (χ2n) is 5.74. The molecule has 0 aliphatic carbocycles. The average Bonchev–Trinajstić information content (AvgIpc) is 2.61. The third kappa shape index (κ3) is 5.11. The zero-order chi connectivity index (χ0) is 16.5. The van der Waals surface area contributed by atoms with E-state index in [0.29, 0.717) is 0 Å². The summed E-state index contributed by atoms with van der Waals surface area (Å²) in [6.45, 7) is 0. The van der Waals surface area contributed by atoms with Crippen LogP contribution in [-0.4, -0.2) is 35.1 Å². The van der Waals surface area contributed by atoms with Gasteiger partial charge in [-0.25, -0.2) is 0 Å². The molecule has 126 valence electrons. The Kier molecular flexibility index (Phi) is 7.17. The van der Waals surface area contributed by atoms with E-state index < -0.39 is 8.80 Å². The monoisotopic (exact) mass is 333 g/mol. The van der Waals surface area contributed by atoms with E-state index in [2.05, 4.69) is 29.2 Å². The summed E-state index contributed by atoms with van der Waals surface area (Å²) in [4.78, 5) is 4.36. The number of pyridine rings is 1. The lowest BCUT2D eigenvalue weighted by Gasteiger charge is -2.24. The van der Waals surface area contributed by atoms with Crippen LogP contribution in [0.15, 0.2) is 36.5 Å². The topological polar surface area (TPSA) is 40.6 Å². The lowest BCUT2D eigenvalue weighted by atomic mass is 10.0. The van der Waals surface area contributed by atoms with Crippen LogP contribution in [0.1, 0.15) is 31.2 Å². The number of hydrogen-bond donors (Lipinski definition) is 0. The van der Waals surface area contributed by atoms with Crippen molar-refractivity contribution in [3.8, 4) is 0 Å². The summed E-state index contributed by atoms with van der Waals surface area (Å²) in [5, 5.41) is 1.22. The van der Waals surface area contributed by atoms with Gasteiger partial charge in [0.05, 0.1) is 5.52 Å². The molecule has 0 fully saturated rings. The Hall–Kier alpha value is -1.27. The second-order valence-corrected chi connectivity index (χ2v) is 8.83. The van der Waals surface area contributed by atoms with Gasteiger partial charge in [-0.15, -0.1) is 0 Å². The van der Waals surface area contributed by atoms with Crippen LogP contribution in [0.25, 0.3) is 10.9 Å². The first-order valence-electron chi connectivity index (χ1n) is 8.22. The summed E-state index contributed by atoms with van der Waals surface area (Å²) >= 11 is 0. The van der Waals surface area contributed by atoms with Gasteiger partial charge in [-0.1, -0.05) is 25.0 Å². The SMILES string of the molecule is CO[Si](CCCCCCc1ccc2ncccc2c1)(OC)OC. The molecular formula is C18H27NO3Si. The minimum atomic E-state index is -2.38. The predicted molar refractivity (Wildman–Crippen MR) is 95.5 cm³/mol. The van der Waals surface area contributed by atoms with Crippen molar-refractivity contribution in [3.05, 3.63) is 42.1 Å². The molecule has 0 N–H and O–H groups in total. The summed E-state index contributed by atoms with van der Waals surface area (Å²) in [5.41, 5.74) is 2.45. The molecule has 0 amide bonds. The first kappa shape index (κ1) is 18.1. The maximum absolute atomic E-state index is 5.44. The largest absolute Gasteiger partial charge is 0.500 e. The Morgan fingerprint density at radius 3 is 2.39 bits per heavy atom. The zero-order valence-corrected chi connectivity index (χ0v) is 15.4. The van der Waals surface area contributed by atoms with Crippen LogP contribution in [0.4, 0.5) is 0 Å². The molecule has 0 bridgehead atoms. The molecule has 2 rings (SSSR count). The first-order valence-corrected chi connectivity index (χ1v) is 10.2. The van der Waals surface area contributed by atoms with Crippen LogP contribution in [0.2, 0.25) is 6.04 Å². The highest BCUT2D eigenvalue weighted by Crippen LogP contribution is 2.19. The number of benzene rings is 1. The van der Waals surface area contributed by atoms with Crippen molar-refractivity contribution in [1.29, 1.82) is 0 Å². The molecule has 1 heterocycles. The number of aromatic nitrogens is 1. The fourth-order valence-corrected chi connectivity index (χ4v) is 4.66. The third-order valence-electron chi connectivity index (χ3n) is 4.30. The van der Waals surface area contributed by atoms with E-state index >= 15 is 0 Å². The van der Waals surface area contributed by atoms with Gasteiger partial charge in [-0.05, 0) is 43.0 Å². The van der Waals surface area contributed by atoms with E-state index in [1.165, 1.54) is 30.2 Å². The van der Waals surface area contributed by atoms with Crippen molar-refractivity contribution in [1.82, 2.24) is 4.98 Å². The van der Waals surface area contributed by atoms with Gasteiger partial charge in [-0.2, -0.15) is 0 Å². The summed E-state index contributed by atoms with van der Waals surface area (Å²) in [6.07, 6.45) is 7.64. The summed E-state index contributed by atoms with van der Waals surface area (Å²) in [6, 6.07) is 11.5. The molecule has 23 heavy (non-hydrogen) atoms. The Morgan fingerprint density at radius 2 is 1.65 bits per heavy atom. The predicted octanol–water partition coefficient (Wildman–Crippen LogP) is 4.22. The van der Waals surface area contributed by atoms with Gasteiger partial charge in [0.2, 0.25) is 0 Å². The standard InChI is InChI=1S/C18H27NO3Si/c1-20-23(21-2,22-3)14-7-5-4-6-9-16-11-12-18-17(15-16)10-8-13-19-18/h8,10-13,15H,4-7,9,14H2,1-3H3. The molecule has 1 aromatic heterocycles. The zero-order valence-electron chi connectivity index (χ0n) is 14.4. The van der Waals surface area contributed by atoms with Crippen molar-refractivity contribution < 1.29 is 13.3 Å². The van der Waals surface area contributed by atoms with Crippen molar-refractivity contribution in [3.63, 3.8) is 0 Å². The lowest BCUT2D eigenvalue weighted by molar-refractivity contribution is 0.122. The van der Waals surface area contributed by atoms with Crippen molar-refractivity contribution in [2.24, 2.45) is 0 Å². The Labute approximate surface area is 140 Å². The fraction of sp³-hybridized carbons (Fsp3) is 0.500. The Bertz CT molecular complexity index is 593. The van der Waals surface area contributed by atoms with Gasteiger partial charge in [0.25, 0.3) is 0 Å². The highest BCUT2D eigenvalue weighted by atomic mass is 28.4. The van der Waals surface area contributed by atoms with Gasteiger partial charge in [0.15, 0.2) is 0 Å². The Balaban J connectivity index is 1.70. The number of unbranched alkanes of at least 4 members (excludes halogenated alkanes) is 3. The van der Waals surface area contributed by atoms with Crippen LogP contribution < -0.4 is 0 Å². The second kappa shape index (κ2) is 9.13. The van der Waals surface area contributed by atoms with Crippen molar-refractivity contribution >= 4 is 19.7 Å². The van der Waals surface area contributed by atoms with Crippen LogP contribution in [-0.2, 0) is 19.7 Å². The molecule has 5 heteroatoms. The van der Waals surface area contributed by atoms with E-state index in [9.17, 15) is 0 Å². The van der Waals surface area contributed by atoms with Crippen LogP contribution >= 0.6 is 0 Å². The van der Waals surface area contributed by atoms with Gasteiger partial charge >= 0.3 is 8.80 Å². The molecule has 0 saturated heterocycles. The molecule has 2 aromatic rings. The van der Waals surface area contributed by atoms with Crippen molar-refractivity contribution in [2.75, 3.05) is 21.3 Å². The fourth-order valence-electron chi connectivity index (χ4n) is 2.86. The molecule has 0 saturated carbocycles. The molecule has 0 radical (unpaired) electrons. The maximum Gasteiger partial charge on any atom is 0.500 e. The normalized spacial score (nSPS) is 12.0. The van der Waals surface area contributed by atoms with Crippen LogP contribution in [0.3, 0.4) is 0 Å². The smallest absolute Gasteiger partial charge is 0.377 e. The number of fused-ring (bicyclic) bond motifs is 1. The van der Waals surface area contributed by atoms with Gasteiger partial charge in [0.1, 0.15) is 0 Å². The van der Waals surface area contributed by atoms with Crippen molar-refractivity contribution in [2.45, 2.75) is 38.1 Å². The molecular weight excluding hydrogens is 306 g/mol. The van der Waals surface area contributed by atoms with Gasteiger partial charge in [-0.3, -0.25) is 4.98 Å². The van der Waals surface area contributed by atoms with E-state index in [1.807, 2.05) is 12.3 Å². The minimum Gasteiger partial charge on any atom is -0.377 e. The molecule has 0 aliphatic heterocycles.